The molecule has 2 N–H and O–H groups in total. The molecule has 0 saturated heterocycles. The molecule has 0 spiro atoms. The van der Waals surface area contributed by atoms with Crippen LogP contribution in [-0.4, -0.2) is 25.9 Å². The Morgan fingerprint density at radius 2 is 2.35 bits per heavy atom. The highest BCUT2D eigenvalue weighted by Crippen LogP contribution is 2.40. The molecule has 1 unspecified atom stereocenters. The Kier molecular flexibility index (Phi) is 3.59. The number of esters is 1. The van der Waals surface area contributed by atoms with Crippen molar-refractivity contribution >= 4 is 17.7 Å². The van der Waals surface area contributed by atoms with Gasteiger partial charge in [0.2, 0.25) is 0 Å². The maximum absolute atomic E-state index is 11.6. The molecular weight excluding hydrogens is 238 g/mol. The van der Waals surface area contributed by atoms with Crippen LogP contribution >= 0.6 is 11.8 Å². The molecule has 1 aliphatic heterocycles. The summed E-state index contributed by atoms with van der Waals surface area (Å²) in [6.45, 7) is 0.590. The molecule has 5 heteroatoms. The highest BCUT2D eigenvalue weighted by molar-refractivity contribution is 7.98. The fraction of sp³-hybridized carbons (Fsp3) is 0.417. The zero-order valence-corrected chi connectivity index (χ0v) is 10.7. The lowest BCUT2D eigenvalue weighted by Gasteiger charge is -2.25. The summed E-state index contributed by atoms with van der Waals surface area (Å²) in [5, 5.41) is 0. The Balaban J connectivity index is 2.55. The van der Waals surface area contributed by atoms with E-state index >= 15 is 0 Å². The zero-order chi connectivity index (χ0) is 12.4. The molecule has 0 saturated carbocycles. The Labute approximate surface area is 104 Å². The van der Waals surface area contributed by atoms with Crippen LogP contribution in [0.5, 0.6) is 5.75 Å². The number of nitrogens with two attached hydrogens (primary N) is 1. The highest BCUT2D eigenvalue weighted by Gasteiger charge is 2.25. The monoisotopic (exact) mass is 253 g/mol. The third-order valence-electron chi connectivity index (χ3n) is 2.83. The molecule has 0 radical (unpaired) electrons. The first-order valence-electron chi connectivity index (χ1n) is 5.36. The smallest absolute Gasteiger partial charge is 0.339 e. The predicted octanol–water partition coefficient (Wildman–Crippen LogP) is 1.98. The topological polar surface area (TPSA) is 61.5 Å². The van der Waals surface area contributed by atoms with Crippen molar-refractivity contribution in [3.8, 4) is 5.75 Å². The number of thioether (sulfide) groups is 1. The van der Waals surface area contributed by atoms with Crippen LogP contribution in [0.1, 0.15) is 28.4 Å². The van der Waals surface area contributed by atoms with Gasteiger partial charge < -0.3 is 15.2 Å². The first kappa shape index (κ1) is 12.3. The van der Waals surface area contributed by atoms with E-state index in [0.29, 0.717) is 12.2 Å². The van der Waals surface area contributed by atoms with Crippen LogP contribution in [0.25, 0.3) is 0 Å². The molecule has 0 bridgehead atoms. The van der Waals surface area contributed by atoms with Crippen molar-refractivity contribution in [1.82, 2.24) is 0 Å². The van der Waals surface area contributed by atoms with E-state index in [-0.39, 0.29) is 12.0 Å². The maximum atomic E-state index is 11.6. The molecule has 0 amide bonds. The number of carbonyl (C=O) groups is 1. The molecule has 0 aromatic heterocycles. The number of carbonyl (C=O) groups excluding carboxylic acids is 1. The van der Waals surface area contributed by atoms with E-state index in [1.165, 1.54) is 18.9 Å². The van der Waals surface area contributed by atoms with Crippen LogP contribution < -0.4 is 10.5 Å². The molecule has 17 heavy (non-hydrogen) atoms. The van der Waals surface area contributed by atoms with Gasteiger partial charge in [0.05, 0.1) is 24.2 Å². The lowest BCUT2D eigenvalue weighted by molar-refractivity contribution is 0.0595. The number of fused-ring (bicyclic) bond motifs is 1. The van der Waals surface area contributed by atoms with Gasteiger partial charge in [0.25, 0.3) is 0 Å². The lowest BCUT2D eigenvalue weighted by Crippen LogP contribution is -2.21. The van der Waals surface area contributed by atoms with E-state index in [1.54, 1.807) is 6.07 Å². The summed E-state index contributed by atoms with van der Waals surface area (Å²) < 4.78 is 10.4. The minimum Gasteiger partial charge on any atom is -0.492 e. The quantitative estimate of drug-likeness (QED) is 0.645. The third kappa shape index (κ3) is 2.12. The van der Waals surface area contributed by atoms with E-state index in [1.807, 2.05) is 12.3 Å². The highest BCUT2D eigenvalue weighted by atomic mass is 32.2. The van der Waals surface area contributed by atoms with Gasteiger partial charge in [0.15, 0.2) is 0 Å². The lowest BCUT2D eigenvalue weighted by atomic mass is 9.99. The Bertz CT molecular complexity index is 448. The van der Waals surface area contributed by atoms with Crippen molar-refractivity contribution < 1.29 is 14.3 Å². The number of benzene rings is 1. The molecule has 2 rings (SSSR count). The Hall–Kier alpha value is -1.20. The molecule has 1 aliphatic rings. The second-order valence-electron chi connectivity index (χ2n) is 3.80. The molecule has 1 heterocycles. The Morgan fingerprint density at radius 3 is 3.00 bits per heavy atom. The number of hydrogen-bond acceptors (Lipinski definition) is 5. The first-order valence-corrected chi connectivity index (χ1v) is 6.59. The average Bonchev–Trinajstić information content (AvgIpc) is 2.37. The summed E-state index contributed by atoms with van der Waals surface area (Å²) >= 11 is 1.47. The summed E-state index contributed by atoms with van der Waals surface area (Å²) in [4.78, 5) is 12.4. The van der Waals surface area contributed by atoms with Crippen LogP contribution in [0.15, 0.2) is 17.0 Å². The van der Waals surface area contributed by atoms with Gasteiger partial charge >= 0.3 is 5.97 Å². The number of hydrogen-bond donors (Lipinski definition) is 1. The van der Waals surface area contributed by atoms with Gasteiger partial charge in [-0.2, -0.15) is 0 Å². The van der Waals surface area contributed by atoms with E-state index in [4.69, 9.17) is 15.2 Å². The van der Waals surface area contributed by atoms with Crippen molar-refractivity contribution in [2.75, 3.05) is 20.0 Å². The zero-order valence-electron chi connectivity index (χ0n) is 9.86. The predicted molar refractivity (Wildman–Crippen MR) is 66.6 cm³/mol. The maximum Gasteiger partial charge on any atom is 0.339 e. The van der Waals surface area contributed by atoms with Gasteiger partial charge in [-0.15, -0.1) is 11.8 Å². The summed E-state index contributed by atoms with van der Waals surface area (Å²) in [5.74, 6) is 0.388. The van der Waals surface area contributed by atoms with Crippen LogP contribution in [0.4, 0.5) is 0 Å². The SMILES string of the molecule is COC(=O)c1ccc2c(c1SC)OCCC2N. The van der Waals surface area contributed by atoms with E-state index in [2.05, 4.69) is 0 Å². The molecule has 1 aromatic rings. The molecule has 0 aliphatic carbocycles. The van der Waals surface area contributed by atoms with E-state index in [9.17, 15) is 4.79 Å². The standard InChI is InChI=1S/C12H15NO3S/c1-15-12(14)8-4-3-7-9(13)5-6-16-10(7)11(8)17-2/h3-4,9H,5-6,13H2,1-2H3. The normalized spacial score (nSPS) is 18.2. The van der Waals surface area contributed by atoms with Crippen molar-refractivity contribution in [2.45, 2.75) is 17.4 Å². The summed E-state index contributed by atoms with van der Waals surface area (Å²) in [6.07, 6.45) is 2.71. The summed E-state index contributed by atoms with van der Waals surface area (Å²) in [6, 6.07) is 3.59. The second-order valence-corrected chi connectivity index (χ2v) is 4.62. The molecule has 0 fully saturated rings. The van der Waals surface area contributed by atoms with Gasteiger partial charge in [-0.05, 0) is 12.3 Å². The number of methoxy groups -OCH3 is 1. The van der Waals surface area contributed by atoms with Crippen LogP contribution in [0.2, 0.25) is 0 Å². The average molecular weight is 253 g/mol. The van der Waals surface area contributed by atoms with Crippen molar-refractivity contribution in [2.24, 2.45) is 5.73 Å². The first-order chi connectivity index (χ1) is 8.19. The molecule has 92 valence electrons. The van der Waals surface area contributed by atoms with E-state index < -0.39 is 0 Å². The molecule has 4 nitrogen and oxygen atoms in total. The summed E-state index contributed by atoms with van der Waals surface area (Å²) in [5.41, 5.74) is 7.52. The van der Waals surface area contributed by atoms with Gasteiger partial charge in [0, 0.05) is 18.0 Å². The Morgan fingerprint density at radius 1 is 1.59 bits per heavy atom. The van der Waals surface area contributed by atoms with Crippen LogP contribution in [0, 0.1) is 0 Å². The van der Waals surface area contributed by atoms with Crippen molar-refractivity contribution in [3.63, 3.8) is 0 Å². The summed E-state index contributed by atoms with van der Waals surface area (Å²) in [7, 11) is 1.37. The minimum atomic E-state index is -0.347. The minimum absolute atomic E-state index is 0.0173. The van der Waals surface area contributed by atoms with Crippen LogP contribution in [-0.2, 0) is 4.74 Å². The van der Waals surface area contributed by atoms with Crippen LogP contribution in [0.3, 0.4) is 0 Å². The molecule has 1 atom stereocenters. The number of ether oxygens (including phenoxy) is 2. The largest absolute Gasteiger partial charge is 0.492 e. The third-order valence-corrected chi connectivity index (χ3v) is 3.64. The number of rotatable bonds is 2. The molecular formula is C12H15NO3S. The van der Waals surface area contributed by atoms with Gasteiger partial charge in [-0.3, -0.25) is 0 Å². The molecule has 1 aromatic carbocycles. The van der Waals surface area contributed by atoms with Gasteiger partial charge in [-0.1, -0.05) is 6.07 Å². The van der Waals surface area contributed by atoms with Gasteiger partial charge in [-0.25, -0.2) is 4.79 Å². The van der Waals surface area contributed by atoms with Gasteiger partial charge in [0.1, 0.15) is 5.75 Å². The fourth-order valence-electron chi connectivity index (χ4n) is 1.94. The van der Waals surface area contributed by atoms with E-state index in [0.717, 1.165) is 22.6 Å². The van der Waals surface area contributed by atoms with Crippen molar-refractivity contribution in [3.05, 3.63) is 23.3 Å². The van der Waals surface area contributed by atoms with Crippen molar-refractivity contribution in [1.29, 1.82) is 0 Å². The second kappa shape index (κ2) is 4.98. The fourth-order valence-corrected chi connectivity index (χ4v) is 2.67.